The molecule has 3 atom stereocenters. The third-order valence-corrected chi connectivity index (χ3v) is 5.46. The molecule has 0 bridgehead atoms. The lowest BCUT2D eigenvalue weighted by atomic mass is 9.87. The van der Waals surface area contributed by atoms with Gasteiger partial charge in [0, 0.05) is 29.8 Å². The van der Waals surface area contributed by atoms with Crippen LogP contribution in [-0.2, 0) is 6.42 Å². The smallest absolute Gasteiger partial charge is 0.156 e. The van der Waals surface area contributed by atoms with Gasteiger partial charge in [0.15, 0.2) is 6.23 Å². The van der Waals surface area contributed by atoms with Gasteiger partial charge in [-0.25, -0.2) is 9.07 Å². The molecule has 0 fully saturated rings. The Balaban J connectivity index is 1.75. The van der Waals surface area contributed by atoms with Gasteiger partial charge in [0.2, 0.25) is 0 Å². The highest BCUT2D eigenvalue weighted by molar-refractivity contribution is 5.60. The molecule has 7 heteroatoms. The van der Waals surface area contributed by atoms with Crippen LogP contribution in [-0.4, -0.2) is 21.4 Å². The minimum atomic E-state index is -0.945. The molecule has 6 N–H and O–H groups in total. The predicted molar refractivity (Wildman–Crippen MR) is 94.7 cm³/mol. The zero-order valence-electron chi connectivity index (χ0n) is 14.3. The Morgan fingerprint density at radius 1 is 1.40 bits per heavy atom. The number of nitrogens with zero attached hydrogens (tertiary/aromatic N) is 2. The predicted octanol–water partition coefficient (Wildman–Crippen LogP) is 2.34. The number of fused-ring (bicyclic) bond motifs is 2. The van der Waals surface area contributed by atoms with Gasteiger partial charge < -0.3 is 21.9 Å². The van der Waals surface area contributed by atoms with Gasteiger partial charge in [0.1, 0.15) is 11.6 Å². The first-order valence-corrected chi connectivity index (χ1v) is 8.81. The molecule has 2 aliphatic rings. The van der Waals surface area contributed by atoms with Crippen LogP contribution in [0.1, 0.15) is 59.8 Å². The van der Waals surface area contributed by atoms with E-state index < -0.39 is 6.23 Å². The zero-order chi connectivity index (χ0) is 17.7. The van der Waals surface area contributed by atoms with Crippen LogP contribution >= 0.6 is 0 Å². The van der Waals surface area contributed by atoms with E-state index >= 15 is 0 Å². The van der Waals surface area contributed by atoms with Crippen molar-refractivity contribution in [3.8, 4) is 0 Å². The number of aliphatic hydroxyl groups is 1. The highest BCUT2D eigenvalue weighted by Crippen LogP contribution is 2.42. The molecule has 1 aliphatic carbocycles. The Morgan fingerprint density at radius 2 is 2.20 bits per heavy atom. The van der Waals surface area contributed by atoms with Gasteiger partial charge in [-0.3, -0.25) is 0 Å². The molecule has 0 saturated heterocycles. The van der Waals surface area contributed by atoms with Crippen molar-refractivity contribution in [3.63, 3.8) is 0 Å². The standard InChI is InChI=1S/C18H24FN5O/c1-9-7-10(19)8-12-11(5-6-22-16(9)12)18(25)24-17(21)15-13(20)3-2-4-14(15)23-24/h7-8,11,13,18,22,25H,2-6,20-21H2,1H3. The average molecular weight is 345 g/mol. The van der Waals surface area contributed by atoms with Crippen molar-refractivity contribution in [2.75, 3.05) is 17.6 Å². The monoisotopic (exact) mass is 345 g/mol. The number of aromatic nitrogens is 2. The summed E-state index contributed by atoms with van der Waals surface area (Å²) in [4.78, 5) is 0. The Labute approximate surface area is 146 Å². The van der Waals surface area contributed by atoms with Gasteiger partial charge in [-0.2, -0.15) is 5.10 Å². The number of aryl methyl sites for hydroxylation is 2. The third kappa shape index (κ3) is 2.58. The van der Waals surface area contributed by atoms with Crippen molar-refractivity contribution in [1.82, 2.24) is 9.78 Å². The van der Waals surface area contributed by atoms with Crippen molar-refractivity contribution < 1.29 is 9.50 Å². The first kappa shape index (κ1) is 16.4. The SMILES string of the molecule is Cc1cc(F)cc2c1NCCC2C(O)n1nc2c(c1N)C(N)CCC2. The fraction of sp³-hybridized carbons (Fsp3) is 0.500. The lowest BCUT2D eigenvalue weighted by molar-refractivity contribution is 0.0600. The normalized spacial score (nSPS) is 23.5. The summed E-state index contributed by atoms with van der Waals surface area (Å²) in [6.07, 6.45) is 2.40. The Hall–Kier alpha value is -2.12. The maximum absolute atomic E-state index is 13.9. The minimum absolute atomic E-state index is 0.135. The number of nitrogens with one attached hydrogen (secondary N) is 1. The molecule has 2 heterocycles. The summed E-state index contributed by atoms with van der Waals surface area (Å²) in [7, 11) is 0. The lowest BCUT2D eigenvalue weighted by Gasteiger charge is -2.31. The van der Waals surface area contributed by atoms with Crippen LogP contribution < -0.4 is 16.8 Å². The maximum Gasteiger partial charge on any atom is 0.156 e. The van der Waals surface area contributed by atoms with Crippen molar-refractivity contribution in [2.45, 2.75) is 50.8 Å². The Bertz CT molecular complexity index is 818. The van der Waals surface area contributed by atoms with Gasteiger partial charge in [-0.05, 0) is 55.9 Å². The number of nitrogen functional groups attached to an aromatic ring is 1. The van der Waals surface area contributed by atoms with Crippen LogP contribution in [0.3, 0.4) is 0 Å². The molecule has 4 rings (SSSR count). The molecule has 3 unspecified atom stereocenters. The second-order valence-corrected chi connectivity index (χ2v) is 7.11. The van der Waals surface area contributed by atoms with E-state index in [-0.39, 0.29) is 17.8 Å². The van der Waals surface area contributed by atoms with E-state index in [1.54, 1.807) is 0 Å². The highest BCUT2D eigenvalue weighted by atomic mass is 19.1. The summed E-state index contributed by atoms with van der Waals surface area (Å²) < 4.78 is 15.4. The van der Waals surface area contributed by atoms with E-state index in [1.807, 2.05) is 6.92 Å². The maximum atomic E-state index is 13.9. The summed E-state index contributed by atoms with van der Waals surface area (Å²) in [5.74, 6) is -0.139. The molecule has 0 saturated carbocycles. The summed E-state index contributed by atoms with van der Waals surface area (Å²) in [5.41, 5.74) is 16.7. The van der Waals surface area contributed by atoms with E-state index in [0.717, 1.165) is 47.3 Å². The zero-order valence-corrected chi connectivity index (χ0v) is 14.3. The van der Waals surface area contributed by atoms with Crippen LogP contribution in [0.15, 0.2) is 12.1 Å². The largest absolute Gasteiger partial charge is 0.385 e. The number of anilines is 2. The number of nitrogens with two attached hydrogens (primary N) is 2. The first-order chi connectivity index (χ1) is 12.0. The summed E-state index contributed by atoms with van der Waals surface area (Å²) >= 11 is 0. The minimum Gasteiger partial charge on any atom is -0.385 e. The van der Waals surface area contributed by atoms with Crippen molar-refractivity contribution >= 4 is 11.5 Å². The second kappa shape index (κ2) is 6.00. The van der Waals surface area contributed by atoms with E-state index in [9.17, 15) is 9.50 Å². The van der Waals surface area contributed by atoms with Gasteiger partial charge >= 0.3 is 0 Å². The van der Waals surface area contributed by atoms with Crippen LogP contribution in [0.4, 0.5) is 15.9 Å². The molecule has 6 nitrogen and oxygen atoms in total. The van der Waals surface area contributed by atoms with Gasteiger partial charge in [0.05, 0.1) is 5.69 Å². The van der Waals surface area contributed by atoms with Gasteiger partial charge in [-0.1, -0.05) is 0 Å². The van der Waals surface area contributed by atoms with Gasteiger partial charge in [-0.15, -0.1) is 0 Å². The fourth-order valence-electron chi connectivity index (χ4n) is 4.22. The molecule has 25 heavy (non-hydrogen) atoms. The van der Waals surface area contributed by atoms with Crippen LogP contribution in [0.5, 0.6) is 0 Å². The van der Waals surface area contributed by atoms with E-state index in [4.69, 9.17) is 11.5 Å². The van der Waals surface area contributed by atoms with Crippen molar-refractivity contribution in [3.05, 3.63) is 40.3 Å². The second-order valence-electron chi connectivity index (χ2n) is 7.11. The fourth-order valence-corrected chi connectivity index (χ4v) is 4.22. The average Bonchev–Trinajstić information content (AvgIpc) is 2.92. The molecule has 0 spiro atoms. The van der Waals surface area contributed by atoms with E-state index in [0.29, 0.717) is 18.8 Å². The highest BCUT2D eigenvalue weighted by Gasteiger charge is 2.33. The Morgan fingerprint density at radius 3 is 2.96 bits per heavy atom. The molecule has 1 aliphatic heterocycles. The topological polar surface area (TPSA) is 102 Å². The number of hydrogen-bond acceptors (Lipinski definition) is 5. The first-order valence-electron chi connectivity index (χ1n) is 8.81. The molecule has 134 valence electrons. The third-order valence-electron chi connectivity index (χ3n) is 5.46. The molecular formula is C18H24FN5O. The summed E-state index contributed by atoms with van der Waals surface area (Å²) in [6, 6.07) is 2.86. The van der Waals surface area contributed by atoms with Gasteiger partial charge in [0.25, 0.3) is 0 Å². The number of rotatable bonds is 2. The summed E-state index contributed by atoms with van der Waals surface area (Å²) in [6.45, 7) is 2.57. The number of benzene rings is 1. The van der Waals surface area contributed by atoms with E-state index in [2.05, 4.69) is 10.4 Å². The quantitative estimate of drug-likeness (QED) is 0.669. The molecular weight excluding hydrogens is 321 g/mol. The number of halogens is 1. The van der Waals surface area contributed by atoms with Crippen molar-refractivity contribution in [2.24, 2.45) is 5.73 Å². The summed E-state index contributed by atoms with van der Waals surface area (Å²) in [5, 5.41) is 18.9. The number of hydrogen-bond donors (Lipinski definition) is 4. The lowest BCUT2D eigenvalue weighted by Crippen LogP contribution is -2.27. The molecule has 0 amide bonds. The molecule has 2 aromatic rings. The Kier molecular flexibility index (Phi) is 3.92. The van der Waals surface area contributed by atoms with Crippen LogP contribution in [0.2, 0.25) is 0 Å². The molecule has 1 aromatic carbocycles. The molecule has 1 aromatic heterocycles. The molecule has 0 radical (unpaired) electrons. The van der Waals surface area contributed by atoms with Crippen molar-refractivity contribution in [1.29, 1.82) is 0 Å². The van der Waals surface area contributed by atoms with Crippen LogP contribution in [0, 0.1) is 12.7 Å². The van der Waals surface area contributed by atoms with E-state index in [1.165, 1.54) is 16.8 Å². The number of aliphatic hydroxyl groups excluding tert-OH is 1. The van der Waals surface area contributed by atoms with Crippen LogP contribution in [0.25, 0.3) is 0 Å².